The summed E-state index contributed by atoms with van der Waals surface area (Å²) in [6.45, 7) is 5.07. The number of hydrazine groups is 1. The van der Waals surface area contributed by atoms with Gasteiger partial charge in [-0.15, -0.1) is 0 Å². The third-order valence-corrected chi connectivity index (χ3v) is 14.4. The van der Waals surface area contributed by atoms with Crippen molar-refractivity contribution in [1.29, 1.82) is 0 Å². The molecule has 1 saturated carbocycles. The number of nitrogens with one attached hydrogen (secondary N) is 3. The zero-order chi connectivity index (χ0) is 44.0. The van der Waals surface area contributed by atoms with Crippen molar-refractivity contribution < 1.29 is 19.1 Å². The molecule has 3 saturated heterocycles. The Hall–Kier alpha value is -6.67. The van der Waals surface area contributed by atoms with Gasteiger partial charge in [0.15, 0.2) is 5.82 Å². The number of amidine groups is 1. The molecule has 6 aliphatic heterocycles. The number of nitrogens with zero attached hydrogens (tertiary/aromatic N) is 11. The molecule has 3 atom stereocenters. The Morgan fingerprint density at radius 2 is 1.81 bits per heavy atom. The van der Waals surface area contributed by atoms with Crippen molar-refractivity contribution in [2.75, 3.05) is 63.6 Å². The van der Waals surface area contributed by atoms with Gasteiger partial charge in [0.1, 0.15) is 29.2 Å². The highest BCUT2D eigenvalue weighted by Gasteiger charge is 2.48. The fourth-order valence-electron chi connectivity index (χ4n) is 10.8. The number of anilines is 2. The molecule has 20 heteroatoms. The lowest BCUT2D eigenvalue weighted by atomic mass is 9.72. The minimum atomic E-state index is -0.737. The Morgan fingerprint density at radius 3 is 2.56 bits per heavy atom. The third-order valence-electron chi connectivity index (χ3n) is 14.4. The largest absolute Gasteiger partial charge is 0.380 e. The smallest absolute Gasteiger partial charge is 0.329 e. The van der Waals surface area contributed by atoms with E-state index >= 15 is 0 Å². The number of benzene rings is 1. The van der Waals surface area contributed by atoms with E-state index in [-0.39, 0.29) is 53.6 Å². The lowest BCUT2D eigenvalue weighted by Gasteiger charge is -2.55. The number of aliphatic imine (C=N–C) groups is 1. The standard InChI is InChI=1S/C44H52N14O6/c1-45-36-23-34(47-35-13-17-56(58(35)36)29-9-11-33(29)64-3)46-28-6-5-16-54(41(28)61)37-22-27-24-52(20-21-55(27)49-37)43(63)53-25-44(26-53)14-18-51(19-15-44)30-7-4-8-31-39(30)50(2)42(62)57(31)32-10-12-38(59)48-40(32)60/h4-8,13,16,22-23,29,32-33,46-47H,9-12,14-15,17-21,24-26H2,1-3H3,(H,48,59,60)/t29-,32?,33-/m1/s1. The van der Waals surface area contributed by atoms with Crippen LogP contribution in [0.3, 0.4) is 0 Å². The van der Waals surface area contributed by atoms with Crippen LogP contribution in [-0.4, -0.2) is 133 Å². The molecule has 334 valence electrons. The highest BCUT2D eigenvalue weighted by atomic mass is 16.5. The number of carbonyl (C=O) groups is 3. The fourth-order valence-corrected chi connectivity index (χ4v) is 10.8. The van der Waals surface area contributed by atoms with Crippen molar-refractivity contribution in [3.8, 4) is 5.82 Å². The van der Waals surface area contributed by atoms with Crippen molar-refractivity contribution in [1.82, 2.24) is 53.9 Å². The summed E-state index contributed by atoms with van der Waals surface area (Å²) >= 11 is 0. The number of fused-ring (bicyclic) bond motifs is 3. The van der Waals surface area contributed by atoms with Crippen LogP contribution in [0.15, 0.2) is 81.0 Å². The molecule has 64 heavy (non-hydrogen) atoms. The molecule has 1 aromatic carbocycles. The number of urea groups is 1. The van der Waals surface area contributed by atoms with Crippen molar-refractivity contribution in [3.05, 3.63) is 92.9 Å². The predicted octanol–water partition coefficient (Wildman–Crippen LogP) is 1.64. The minimum absolute atomic E-state index is 0.00786. The molecule has 0 bridgehead atoms. The van der Waals surface area contributed by atoms with Crippen molar-refractivity contribution >= 4 is 46.1 Å². The lowest BCUT2D eigenvalue weighted by Crippen LogP contribution is -2.64. The summed E-state index contributed by atoms with van der Waals surface area (Å²) in [5.74, 6) is 2.00. The van der Waals surface area contributed by atoms with Crippen LogP contribution in [0.1, 0.15) is 50.3 Å². The molecular formula is C44H52N14O6. The SMILES string of the molecule is CN=C1C=C(Nc2cccn(-c3cc4n(n3)CCN(C(=O)N3CC5(CCN(c6cccc7c6n(C)c(=O)n7C6CCC(=O)NC6=O)CC5)C3)C4)c2=O)NC2=CCN([C@@H]3CC[C@H]3OC)N21. The van der Waals surface area contributed by atoms with Crippen LogP contribution in [0.25, 0.3) is 16.9 Å². The van der Waals surface area contributed by atoms with Crippen LogP contribution in [0.4, 0.5) is 16.2 Å². The van der Waals surface area contributed by atoms with Crippen LogP contribution in [0.2, 0.25) is 0 Å². The molecule has 20 nitrogen and oxygen atoms in total. The molecule has 7 aliphatic rings. The van der Waals surface area contributed by atoms with Crippen LogP contribution in [0.5, 0.6) is 0 Å². The molecular weight excluding hydrogens is 821 g/mol. The predicted molar refractivity (Wildman–Crippen MR) is 236 cm³/mol. The topological polar surface area (TPSA) is 192 Å². The van der Waals surface area contributed by atoms with Gasteiger partial charge in [-0.3, -0.25) is 43.1 Å². The molecule has 1 spiro atoms. The first kappa shape index (κ1) is 40.1. The number of methoxy groups -OCH3 is 1. The maximum Gasteiger partial charge on any atom is 0.329 e. The molecule has 0 radical (unpaired) electrons. The van der Waals surface area contributed by atoms with E-state index in [0.717, 1.165) is 73.9 Å². The maximum atomic E-state index is 13.9. The van der Waals surface area contributed by atoms with E-state index in [1.54, 1.807) is 38.0 Å². The summed E-state index contributed by atoms with van der Waals surface area (Å²) in [5, 5.41) is 18.3. The first-order chi connectivity index (χ1) is 31.0. The lowest BCUT2D eigenvalue weighted by molar-refractivity contribution is -0.135. The average molecular weight is 873 g/mol. The number of aryl methyl sites for hydroxylation is 1. The minimum Gasteiger partial charge on any atom is -0.380 e. The van der Waals surface area contributed by atoms with E-state index in [4.69, 9.17) is 9.84 Å². The Morgan fingerprint density at radius 1 is 0.984 bits per heavy atom. The summed E-state index contributed by atoms with van der Waals surface area (Å²) in [6.07, 6.45) is 10.3. The normalized spacial score (nSPS) is 24.8. The number of imidazole rings is 1. The molecule has 4 aromatic rings. The van der Waals surface area contributed by atoms with E-state index < -0.39 is 11.9 Å². The third kappa shape index (κ3) is 6.43. The van der Waals surface area contributed by atoms with Crippen molar-refractivity contribution in [2.24, 2.45) is 17.5 Å². The van der Waals surface area contributed by atoms with Gasteiger partial charge in [-0.05, 0) is 62.4 Å². The number of amides is 4. The summed E-state index contributed by atoms with van der Waals surface area (Å²) in [5.41, 5.74) is 3.12. The van der Waals surface area contributed by atoms with Crippen LogP contribution in [-0.2, 0) is 34.5 Å². The Kier molecular flexibility index (Phi) is 9.56. The highest BCUT2D eigenvalue weighted by molar-refractivity contribution is 6.00. The van der Waals surface area contributed by atoms with Crippen molar-refractivity contribution in [2.45, 2.75) is 69.8 Å². The average Bonchev–Trinajstić information content (AvgIpc) is 3.96. The number of piperidine rings is 2. The number of pyridine rings is 1. The van der Waals surface area contributed by atoms with E-state index in [1.165, 1.54) is 9.13 Å². The van der Waals surface area contributed by atoms with Gasteiger partial charge in [0.05, 0.1) is 47.7 Å². The van der Waals surface area contributed by atoms with Gasteiger partial charge >= 0.3 is 11.7 Å². The molecule has 1 aliphatic carbocycles. The van der Waals surface area contributed by atoms with Crippen LogP contribution >= 0.6 is 0 Å². The summed E-state index contributed by atoms with van der Waals surface area (Å²) < 4.78 is 12.2. The first-order valence-corrected chi connectivity index (χ1v) is 22.2. The van der Waals surface area contributed by atoms with E-state index in [1.807, 2.05) is 50.9 Å². The monoisotopic (exact) mass is 872 g/mol. The maximum absolute atomic E-state index is 13.9. The van der Waals surface area contributed by atoms with E-state index in [2.05, 4.69) is 41.9 Å². The van der Waals surface area contributed by atoms with Gasteiger partial charge in [-0.1, -0.05) is 6.07 Å². The number of hydrogen-bond donors (Lipinski definition) is 3. The number of imide groups is 1. The second kappa shape index (κ2) is 15.3. The number of ether oxygens (including phenoxy) is 1. The van der Waals surface area contributed by atoms with E-state index in [0.29, 0.717) is 55.6 Å². The van der Waals surface area contributed by atoms with Gasteiger partial charge < -0.3 is 30.1 Å². The first-order valence-electron chi connectivity index (χ1n) is 22.2. The van der Waals surface area contributed by atoms with Crippen LogP contribution < -0.4 is 32.1 Å². The molecule has 1 unspecified atom stereocenters. The van der Waals surface area contributed by atoms with E-state index in [9.17, 15) is 24.0 Å². The Labute approximate surface area is 368 Å². The Bertz CT molecular complexity index is 2810. The van der Waals surface area contributed by atoms with Gasteiger partial charge in [-0.25, -0.2) is 19.6 Å². The zero-order valence-electron chi connectivity index (χ0n) is 36.2. The molecule has 4 amide bonds. The summed E-state index contributed by atoms with van der Waals surface area (Å²) in [7, 11) is 5.25. The Balaban J connectivity index is 0.722. The quantitative estimate of drug-likeness (QED) is 0.228. The van der Waals surface area contributed by atoms with Crippen molar-refractivity contribution in [3.63, 3.8) is 0 Å². The molecule has 11 rings (SSSR count). The van der Waals surface area contributed by atoms with Gasteiger partial charge in [0.2, 0.25) is 11.8 Å². The number of likely N-dealkylation sites (tertiary alicyclic amines) is 1. The number of rotatable bonds is 7. The zero-order valence-corrected chi connectivity index (χ0v) is 36.2. The molecule has 4 fully saturated rings. The van der Waals surface area contributed by atoms with Crippen LogP contribution in [0, 0.1) is 5.41 Å². The molecule has 3 aromatic heterocycles. The number of hydrogen-bond acceptors (Lipinski definition) is 12. The van der Waals surface area contributed by atoms with Gasteiger partial charge in [-0.2, -0.15) is 5.10 Å². The van der Waals surface area contributed by atoms with Gasteiger partial charge in [0, 0.05) is 90.6 Å². The number of aromatic nitrogens is 5. The second-order valence-corrected chi connectivity index (χ2v) is 18.0. The summed E-state index contributed by atoms with van der Waals surface area (Å²) in [6, 6.07) is 10.8. The second-order valence-electron chi connectivity index (χ2n) is 18.0. The van der Waals surface area contributed by atoms with Gasteiger partial charge in [0.25, 0.3) is 5.56 Å². The number of para-hydroxylation sites is 1. The fraction of sp³-hybridized carbons (Fsp3) is 0.477. The molecule has 3 N–H and O–H groups in total. The highest BCUT2D eigenvalue weighted by Crippen LogP contribution is 2.43. The molecule has 9 heterocycles. The number of carbonyl (C=O) groups excluding carboxylic acids is 3. The summed E-state index contributed by atoms with van der Waals surface area (Å²) in [4.78, 5) is 76.6.